The number of carbonyl (C=O) groups is 1. The van der Waals surface area contributed by atoms with Crippen LogP contribution < -0.4 is 10.0 Å². The summed E-state index contributed by atoms with van der Waals surface area (Å²) < 4.78 is 96.9. The molecule has 1 atom stereocenters. The Morgan fingerprint density at radius 1 is 1.10 bits per heavy atom. The number of alkyl halides is 3. The van der Waals surface area contributed by atoms with E-state index < -0.39 is 75.9 Å². The first-order valence-electron chi connectivity index (χ1n) is 8.84. The van der Waals surface area contributed by atoms with E-state index in [0.717, 1.165) is 12.1 Å². The average molecular weight is 470 g/mol. The predicted molar refractivity (Wildman–Crippen MR) is 97.2 cm³/mol. The second-order valence-corrected chi connectivity index (χ2v) is 8.36. The van der Waals surface area contributed by atoms with E-state index in [1.54, 1.807) is 0 Å². The highest BCUT2D eigenvalue weighted by atomic mass is 32.2. The summed E-state index contributed by atoms with van der Waals surface area (Å²) in [6.45, 7) is 0.377. The molecule has 3 N–H and O–H groups in total. The highest BCUT2D eigenvalue weighted by Crippen LogP contribution is 2.42. The van der Waals surface area contributed by atoms with Crippen LogP contribution in [-0.4, -0.2) is 38.7 Å². The van der Waals surface area contributed by atoms with E-state index in [-0.39, 0.29) is 5.76 Å². The molecule has 1 aromatic carbocycles. The van der Waals surface area contributed by atoms with E-state index in [2.05, 4.69) is 5.32 Å². The Kier molecular flexibility index (Phi) is 7.44. The highest BCUT2D eigenvalue weighted by Gasteiger charge is 2.56. The fourth-order valence-corrected chi connectivity index (χ4v) is 3.60. The molecule has 0 saturated carbocycles. The summed E-state index contributed by atoms with van der Waals surface area (Å²) >= 11 is 0. The Morgan fingerprint density at radius 2 is 1.77 bits per heavy atom. The second-order valence-electron chi connectivity index (χ2n) is 6.59. The van der Waals surface area contributed by atoms with Gasteiger partial charge in [-0.2, -0.15) is 13.2 Å². The van der Waals surface area contributed by atoms with Crippen molar-refractivity contribution in [2.45, 2.75) is 36.4 Å². The molecule has 0 saturated heterocycles. The summed E-state index contributed by atoms with van der Waals surface area (Å²) in [5.74, 6) is -3.96. The van der Waals surface area contributed by atoms with Gasteiger partial charge in [-0.1, -0.05) is 0 Å². The minimum Gasteiger partial charge on any atom is -0.463 e. The van der Waals surface area contributed by atoms with E-state index in [1.807, 2.05) is 4.72 Å². The topological polar surface area (TPSA) is 109 Å². The van der Waals surface area contributed by atoms with Gasteiger partial charge in [-0.3, -0.25) is 4.79 Å². The van der Waals surface area contributed by atoms with Gasteiger partial charge in [-0.15, -0.1) is 0 Å². The summed E-state index contributed by atoms with van der Waals surface area (Å²) in [7, 11) is -4.23. The molecule has 0 radical (unpaired) electrons. The van der Waals surface area contributed by atoms with Gasteiger partial charge in [0.1, 0.15) is 11.5 Å². The maximum atomic E-state index is 13.3. The first kappa shape index (κ1) is 24.8. The van der Waals surface area contributed by atoms with Crippen LogP contribution in [0, 0.1) is 18.6 Å². The predicted octanol–water partition coefficient (Wildman–Crippen LogP) is 2.49. The molecule has 0 spiro atoms. The van der Waals surface area contributed by atoms with E-state index in [9.17, 15) is 40.3 Å². The largest absolute Gasteiger partial charge is 0.463 e. The van der Waals surface area contributed by atoms with Gasteiger partial charge in [-0.25, -0.2) is 21.9 Å². The van der Waals surface area contributed by atoms with Crippen LogP contribution in [0.2, 0.25) is 0 Å². The van der Waals surface area contributed by atoms with Gasteiger partial charge in [0.2, 0.25) is 21.5 Å². The minimum absolute atomic E-state index is 0.162. The summed E-state index contributed by atoms with van der Waals surface area (Å²) in [4.78, 5) is 11.2. The van der Waals surface area contributed by atoms with Crippen LogP contribution in [0.15, 0.2) is 39.6 Å². The normalized spacial score (nSPS) is 14.3. The third-order valence-corrected chi connectivity index (χ3v) is 5.73. The monoisotopic (exact) mass is 470 g/mol. The third kappa shape index (κ3) is 6.02. The summed E-state index contributed by atoms with van der Waals surface area (Å²) in [5, 5.41) is 12.2. The maximum Gasteiger partial charge on any atom is 0.424 e. The van der Waals surface area contributed by atoms with Crippen molar-refractivity contribution in [1.82, 2.24) is 10.0 Å². The summed E-state index contributed by atoms with van der Waals surface area (Å²) in [6, 6.07) is 4.15. The van der Waals surface area contributed by atoms with Gasteiger partial charge >= 0.3 is 6.18 Å². The molecule has 0 aliphatic heterocycles. The standard InChI is InChI=1S/C18H19F5N2O5S/c1-11-2-5-15(30-11)17(27,18(21,22)23)7-9-24-16(26)6-8-25-31(28,29)12-3-4-13(19)14(20)10-12/h2-5,10,25,27H,6-9H2,1H3,(H,24,26)/t17-/m1/s1. The number of aliphatic hydroxyl groups is 1. The zero-order valence-corrected chi connectivity index (χ0v) is 16.9. The lowest BCUT2D eigenvalue weighted by Gasteiger charge is -2.28. The molecule has 31 heavy (non-hydrogen) atoms. The molecule has 1 heterocycles. The third-order valence-electron chi connectivity index (χ3n) is 4.27. The maximum absolute atomic E-state index is 13.3. The number of rotatable bonds is 9. The molecule has 0 fully saturated rings. The average Bonchev–Trinajstić information content (AvgIpc) is 3.09. The van der Waals surface area contributed by atoms with Crippen LogP contribution in [0.1, 0.15) is 24.4 Å². The number of furan rings is 1. The molecule has 1 amide bonds. The fourth-order valence-electron chi connectivity index (χ4n) is 2.56. The first-order chi connectivity index (χ1) is 14.3. The summed E-state index contributed by atoms with van der Waals surface area (Å²) in [5.41, 5.74) is -3.32. The van der Waals surface area contributed by atoms with Gasteiger partial charge in [0.25, 0.3) is 0 Å². The zero-order chi connectivity index (χ0) is 23.4. The number of hydrogen-bond acceptors (Lipinski definition) is 5. The van der Waals surface area contributed by atoms with Crippen molar-refractivity contribution in [2.75, 3.05) is 13.1 Å². The molecule has 2 aromatic rings. The van der Waals surface area contributed by atoms with E-state index in [4.69, 9.17) is 4.42 Å². The van der Waals surface area contributed by atoms with Crippen molar-refractivity contribution < 1.29 is 44.7 Å². The lowest BCUT2D eigenvalue weighted by Crippen LogP contribution is -2.45. The van der Waals surface area contributed by atoms with Gasteiger partial charge in [0.15, 0.2) is 11.6 Å². The van der Waals surface area contributed by atoms with Crippen LogP contribution in [0.3, 0.4) is 0 Å². The number of aryl methyl sites for hydroxylation is 1. The number of sulfonamides is 1. The van der Waals surface area contributed by atoms with Gasteiger partial charge in [0, 0.05) is 25.9 Å². The minimum atomic E-state index is -5.07. The number of carbonyl (C=O) groups excluding carboxylic acids is 1. The Bertz CT molecular complexity index is 1040. The number of benzene rings is 1. The molecule has 172 valence electrons. The van der Waals surface area contributed by atoms with Gasteiger partial charge in [-0.05, 0) is 37.3 Å². The lowest BCUT2D eigenvalue weighted by atomic mass is 9.95. The van der Waals surface area contributed by atoms with Crippen molar-refractivity contribution in [3.63, 3.8) is 0 Å². The van der Waals surface area contributed by atoms with Crippen LogP contribution in [0.4, 0.5) is 22.0 Å². The number of hydrogen-bond donors (Lipinski definition) is 3. The van der Waals surface area contributed by atoms with Crippen molar-refractivity contribution >= 4 is 15.9 Å². The molecule has 0 bridgehead atoms. The van der Waals surface area contributed by atoms with Gasteiger partial charge < -0.3 is 14.8 Å². The fraction of sp³-hybridized carbons (Fsp3) is 0.389. The molecule has 0 aliphatic carbocycles. The Labute approximate surface area is 174 Å². The van der Waals surface area contributed by atoms with E-state index in [1.165, 1.54) is 13.0 Å². The van der Waals surface area contributed by atoms with Gasteiger partial charge in [0.05, 0.1) is 4.90 Å². The smallest absolute Gasteiger partial charge is 0.424 e. The van der Waals surface area contributed by atoms with E-state index >= 15 is 0 Å². The molecule has 2 rings (SSSR count). The van der Waals surface area contributed by atoms with Crippen LogP contribution >= 0.6 is 0 Å². The molecule has 0 unspecified atom stereocenters. The molecular weight excluding hydrogens is 451 g/mol. The first-order valence-corrected chi connectivity index (χ1v) is 10.3. The molecular formula is C18H19F5N2O5S. The van der Waals surface area contributed by atoms with Crippen LogP contribution in [0.5, 0.6) is 0 Å². The molecule has 0 aliphatic rings. The molecule has 7 nitrogen and oxygen atoms in total. The Balaban J connectivity index is 1.88. The quantitative estimate of drug-likeness (QED) is 0.488. The Morgan fingerprint density at radius 3 is 2.32 bits per heavy atom. The van der Waals surface area contributed by atoms with Crippen molar-refractivity contribution in [1.29, 1.82) is 0 Å². The van der Waals surface area contributed by atoms with Crippen molar-refractivity contribution in [3.8, 4) is 0 Å². The Hall–Kier alpha value is -2.51. The van der Waals surface area contributed by atoms with E-state index in [0.29, 0.717) is 12.1 Å². The second kappa shape index (κ2) is 9.32. The van der Waals surface area contributed by atoms with Crippen molar-refractivity contribution in [3.05, 3.63) is 53.5 Å². The van der Waals surface area contributed by atoms with Crippen LogP contribution in [-0.2, 0) is 20.4 Å². The number of nitrogens with one attached hydrogen (secondary N) is 2. The van der Waals surface area contributed by atoms with Crippen LogP contribution in [0.25, 0.3) is 0 Å². The zero-order valence-electron chi connectivity index (χ0n) is 16.1. The number of halogens is 5. The highest BCUT2D eigenvalue weighted by molar-refractivity contribution is 7.89. The molecule has 1 aromatic heterocycles. The lowest BCUT2D eigenvalue weighted by molar-refractivity contribution is -0.274. The number of amides is 1. The summed E-state index contributed by atoms with van der Waals surface area (Å²) in [6.07, 6.45) is -6.45. The molecule has 13 heteroatoms. The SMILES string of the molecule is Cc1ccc([C@](O)(CCNC(=O)CCNS(=O)(=O)c2ccc(F)c(F)c2)C(F)(F)F)o1. The van der Waals surface area contributed by atoms with Crippen molar-refractivity contribution in [2.24, 2.45) is 0 Å².